The third-order valence-electron chi connectivity index (χ3n) is 21.2. The molecular formula is C80H84BN3. The first-order chi connectivity index (χ1) is 39.8. The quantitative estimate of drug-likeness (QED) is 0.159. The van der Waals surface area contributed by atoms with E-state index in [0.717, 1.165) is 25.7 Å². The number of hydrogen-bond donors (Lipinski definition) is 0. The molecule has 0 fully saturated rings. The van der Waals surface area contributed by atoms with E-state index < -0.39 is 0 Å². The van der Waals surface area contributed by atoms with Gasteiger partial charge >= 0.3 is 0 Å². The minimum absolute atomic E-state index is 0.00242. The fourth-order valence-corrected chi connectivity index (χ4v) is 15.8. The van der Waals surface area contributed by atoms with Gasteiger partial charge in [-0.3, -0.25) is 0 Å². The molecule has 4 heteroatoms. The van der Waals surface area contributed by atoms with Crippen LogP contribution in [0.4, 0.5) is 45.5 Å². The molecule has 0 aromatic heterocycles. The lowest BCUT2D eigenvalue weighted by atomic mass is 9.33. The minimum atomic E-state index is -0.388. The summed E-state index contributed by atoms with van der Waals surface area (Å²) in [5.41, 5.74) is 29.5. The molecule has 2 aliphatic carbocycles. The number of anilines is 8. The zero-order chi connectivity index (χ0) is 58.8. The van der Waals surface area contributed by atoms with Crippen molar-refractivity contribution in [3.05, 3.63) is 233 Å². The minimum Gasteiger partial charge on any atom is -0.330 e. The van der Waals surface area contributed by atoms with Gasteiger partial charge in [0.15, 0.2) is 0 Å². The van der Waals surface area contributed by atoms with Crippen LogP contribution in [-0.4, -0.2) is 6.71 Å². The second-order valence-corrected chi connectivity index (χ2v) is 30.4. The molecule has 0 amide bonds. The van der Waals surface area contributed by atoms with E-state index in [2.05, 4.69) is 307 Å². The van der Waals surface area contributed by atoms with Crippen molar-refractivity contribution in [1.29, 1.82) is 0 Å². The zero-order valence-electron chi connectivity index (χ0n) is 52.6. The zero-order valence-corrected chi connectivity index (χ0v) is 52.6. The van der Waals surface area contributed by atoms with Gasteiger partial charge in [-0.05, 0) is 204 Å². The van der Waals surface area contributed by atoms with E-state index in [0.29, 0.717) is 0 Å². The highest BCUT2D eigenvalue weighted by Gasteiger charge is 2.60. The molecule has 0 radical (unpaired) electrons. The molecule has 3 heterocycles. The van der Waals surface area contributed by atoms with Gasteiger partial charge in [-0.25, -0.2) is 0 Å². The van der Waals surface area contributed by atoms with E-state index in [1.54, 1.807) is 0 Å². The van der Waals surface area contributed by atoms with E-state index in [1.165, 1.54) is 129 Å². The van der Waals surface area contributed by atoms with Crippen LogP contribution in [0.25, 0.3) is 22.3 Å². The summed E-state index contributed by atoms with van der Waals surface area (Å²) in [6.07, 6.45) is 4.39. The maximum Gasteiger partial charge on any atom is 0.252 e. The van der Waals surface area contributed by atoms with E-state index in [9.17, 15) is 0 Å². The molecule has 0 saturated carbocycles. The molecule has 3 nitrogen and oxygen atoms in total. The van der Waals surface area contributed by atoms with Gasteiger partial charge < -0.3 is 14.7 Å². The second kappa shape index (κ2) is 18.5. The normalized spacial score (nSPS) is 19.8. The van der Waals surface area contributed by atoms with Crippen molar-refractivity contribution < 1.29 is 0 Å². The Bertz CT molecular complexity index is 4130. The van der Waals surface area contributed by atoms with E-state index in [1.807, 2.05) is 0 Å². The van der Waals surface area contributed by atoms with Gasteiger partial charge in [0.1, 0.15) is 0 Å². The standard InChI is InChI=1S/C80H84BN3/c1-74(2,3)55-31-34-58(35-32-55)82-69-48-59(84-68-38-30-54(51-24-18-16-19-25-51)44-64(68)79(14)41-40-53-28-22-23-29-61(53)80(79,84)15)36-37-65(69)81-66-49-62-63(78(12,13)43-42-77(62,10)11)50-70(66)83(72-47-57(76(7,8)9)46-71(82)73(72)81)67-39-33-56(75(4,5)6)45-60(67)52-26-20-17-21-27-52/h16-39,44-50H,40-43H2,1-15H3. The van der Waals surface area contributed by atoms with Crippen LogP contribution in [-0.2, 0) is 44.4 Å². The van der Waals surface area contributed by atoms with Crippen molar-refractivity contribution in [2.45, 2.75) is 168 Å². The van der Waals surface area contributed by atoms with Crippen LogP contribution >= 0.6 is 0 Å². The molecule has 422 valence electrons. The highest BCUT2D eigenvalue weighted by molar-refractivity contribution is 7.00. The predicted molar refractivity (Wildman–Crippen MR) is 361 cm³/mol. The Labute approximate surface area is 502 Å². The number of hydrogen-bond acceptors (Lipinski definition) is 3. The van der Waals surface area contributed by atoms with Crippen molar-refractivity contribution in [2.24, 2.45) is 0 Å². The topological polar surface area (TPSA) is 9.72 Å². The molecule has 0 spiro atoms. The van der Waals surface area contributed by atoms with E-state index in [-0.39, 0.29) is 44.7 Å². The van der Waals surface area contributed by atoms with Crippen LogP contribution in [0.2, 0.25) is 0 Å². The fraction of sp³-hybridized carbons (Fsp3) is 0.325. The maximum atomic E-state index is 2.77. The SMILES string of the molecule is CC(C)(C)c1ccc(N2c3cc(N4c5ccc(-c6ccccc6)cc5C5(C)CCc6ccccc6C45C)ccc3B3c4cc5c(cc4N(c4ccc(C(C)(C)C)cc4-c4ccccc4)c4cc(C(C)(C)C)cc2c43)C(C)(C)CCC5(C)C)cc1. The van der Waals surface area contributed by atoms with Crippen LogP contribution in [0, 0.1) is 0 Å². The molecule has 0 saturated heterocycles. The first-order valence-corrected chi connectivity index (χ1v) is 31.3. The lowest BCUT2D eigenvalue weighted by Gasteiger charge is -2.51. The Morgan fingerprint density at radius 2 is 0.929 bits per heavy atom. The van der Waals surface area contributed by atoms with Crippen molar-refractivity contribution in [3.8, 4) is 22.3 Å². The average Bonchev–Trinajstić information content (AvgIpc) is 1.86. The molecule has 14 rings (SSSR count). The van der Waals surface area contributed by atoms with Crippen molar-refractivity contribution in [3.63, 3.8) is 0 Å². The monoisotopic (exact) mass is 1100 g/mol. The fourth-order valence-electron chi connectivity index (χ4n) is 15.8. The Balaban J connectivity index is 1.09. The molecule has 0 N–H and O–H groups in total. The largest absolute Gasteiger partial charge is 0.330 e. The third kappa shape index (κ3) is 8.12. The summed E-state index contributed by atoms with van der Waals surface area (Å²) in [6, 6.07) is 74.1. The van der Waals surface area contributed by atoms with Crippen molar-refractivity contribution in [2.75, 3.05) is 14.7 Å². The molecule has 2 atom stereocenters. The molecule has 84 heavy (non-hydrogen) atoms. The van der Waals surface area contributed by atoms with Crippen molar-refractivity contribution >= 4 is 68.6 Å². The van der Waals surface area contributed by atoms with Crippen LogP contribution in [0.15, 0.2) is 188 Å². The van der Waals surface area contributed by atoms with Gasteiger partial charge in [0.25, 0.3) is 6.71 Å². The molecular weight excluding hydrogens is 1010 g/mol. The number of benzene rings is 9. The molecule has 2 unspecified atom stereocenters. The van der Waals surface area contributed by atoms with Gasteiger partial charge in [0, 0.05) is 50.8 Å². The van der Waals surface area contributed by atoms with Gasteiger partial charge in [0.05, 0.1) is 11.2 Å². The lowest BCUT2D eigenvalue weighted by molar-refractivity contribution is 0.245. The van der Waals surface area contributed by atoms with E-state index in [4.69, 9.17) is 0 Å². The smallest absolute Gasteiger partial charge is 0.252 e. The first-order valence-electron chi connectivity index (χ1n) is 31.3. The summed E-state index contributed by atoms with van der Waals surface area (Å²) in [6.45, 7) is 36.3. The Hall–Kier alpha value is -7.56. The summed E-state index contributed by atoms with van der Waals surface area (Å²) >= 11 is 0. The van der Waals surface area contributed by atoms with Gasteiger partial charge in [-0.1, -0.05) is 218 Å². The van der Waals surface area contributed by atoms with Gasteiger partial charge in [0.2, 0.25) is 0 Å². The summed E-state index contributed by atoms with van der Waals surface area (Å²) in [5, 5.41) is 0. The average molecular weight is 1100 g/mol. The summed E-state index contributed by atoms with van der Waals surface area (Å²) in [4.78, 5) is 8.17. The number of aryl methyl sites for hydroxylation is 1. The first kappa shape index (κ1) is 54.4. The highest BCUT2D eigenvalue weighted by Crippen LogP contribution is 2.65. The number of rotatable bonds is 5. The van der Waals surface area contributed by atoms with Crippen molar-refractivity contribution in [1.82, 2.24) is 0 Å². The third-order valence-corrected chi connectivity index (χ3v) is 21.2. The molecule has 9 aromatic carbocycles. The molecule has 5 aliphatic rings. The lowest BCUT2D eigenvalue weighted by Crippen LogP contribution is -2.62. The van der Waals surface area contributed by atoms with Crippen LogP contribution in [0.5, 0.6) is 0 Å². The maximum absolute atomic E-state index is 2.77. The summed E-state index contributed by atoms with van der Waals surface area (Å²) in [7, 11) is 0. The molecule has 3 aliphatic heterocycles. The van der Waals surface area contributed by atoms with Gasteiger partial charge in [-0.2, -0.15) is 0 Å². The van der Waals surface area contributed by atoms with Crippen LogP contribution < -0.4 is 31.1 Å². The Morgan fingerprint density at radius 3 is 1.58 bits per heavy atom. The second-order valence-electron chi connectivity index (χ2n) is 30.4. The van der Waals surface area contributed by atoms with Gasteiger partial charge in [-0.15, -0.1) is 0 Å². The Kier molecular flexibility index (Phi) is 12.0. The highest BCUT2D eigenvalue weighted by atomic mass is 15.3. The number of fused-ring (bicyclic) bond motifs is 10. The number of nitrogens with zero attached hydrogens (tertiary/aromatic N) is 3. The predicted octanol–water partition coefficient (Wildman–Crippen LogP) is 19.6. The molecule has 9 aromatic rings. The van der Waals surface area contributed by atoms with Crippen LogP contribution in [0.3, 0.4) is 0 Å². The molecule has 0 bridgehead atoms. The Morgan fingerprint density at radius 1 is 0.369 bits per heavy atom. The van der Waals surface area contributed by atoms with Crippen LogP contribution in [0.1, 0.15) is 168 Å². The van der Waals surface area contributed by atoms with E-state index >= 15 is 0 Å². The summed E-state index contributed by atoms with van der Waals surface area (Å²) in [5.74, 6) is 0. The summed E-state index contributed by atoms with van der Waals surface area (Å²) < 4.78 is 0.